The number of hydrogen-bond donors (Lipinski definition) is 0. The fourth-order valence-corrected chi connectivity index (χ4v) is 0.285. The van der Waals surface area contributed by atoms with Crippen molar-refractivity contribution in [2.24, 2.45) is 0 Å². The Morgan fingerprint density at radius 3 is 2.71 bits per heavy atom. The highest BCUT2D eigenvalue weighted by molar-refractivity contribution is 5.00. The monoisotopic (exact) mass is 93.1 g/mol. The maximum Gasteiger partial charge on any atom is 0.0340 e. The van der Waals surface area contributed by atoms with Crippen LogP contribution >= 0.6 is 0 Å². The lowest BCUT2D eigenvalue weighted by Crippen LogP contribution is -1.66. The first-order valence-electron chi connectivity index (χ1n) is 2.30. The van der Waals surface area contributed by atoms with E-state index in [9.17, 15) is 0 Å². The molecule has 0 aromatic heterocycles. The minimum Gasteiger partial charge on any atom is -0.120 e. The molecular weight excluding hydrogens is 84.1 g/mol. The molecule has 0 aliphatic carbocycles. The SMILES string of the molecule is C#C[CH]CCC=C. The van der Waals surface area contributed by atoms with Crippen molar-refractivity contribution in [1.29, 1.82) is 0 Å². The Balaban J connectivity index is 2.72. The van der Waals surface area contributed by atoms with Gasteiger partial charge in [-0.3, -0.25) is 0 Å². The largest absolute Gasteiger partial charge is 0.120 e. The third kappa shape index (κ3) is 5.30. The summed E-state index contributed by atoms with van der Waals surface area (Å²) >= 11 is 0. The maximum atomic E-state index is 4.93. The van der Waals surface area contributed by atoms with Crippen molar-refractivity contribution in [3.63, 3.8) is 0 Å². The number of hydrogen-bond acceptors (Lipinski definition) is 0. The van der Waals surface area contributed by atoms with E-state index in [0.29, 0.717) is 0 Å². The van der Waals surface area contributed by atoms with Gasteiger partial charge in [0.05, 0.1) is 0 Å². The molecule has 0 aliphatic rings. The second kappa shape index (κ2) is 5.30. The van der Waals surface area contributed by atoms with Gasteiger partial charge < -0.3 is 0 Å². The molecule has 0 saturated carbocycles. The smallest absolute Gasteiger partial charge is 0.0340 e. The Hall–Kier alpha value is -0.700. The molecule has 0 saturated heterocycles. The van der Waals surface area contributed by atoms with Crippen molar-refractivity contribution in [3.05, 3.63) is 19.1 Å². The molecule has 0 fully saturated rings. The van der Waals surface area contributed by atoms with Crippen molar-refractivity contribution >= 4 is 0 Å². The van der Waals surface area contributed by atoms with Gasteiger partial charge in [-0.15, -0.1) is 18.9 Å². The fraction of sp³-hybridized carbons (Fsp3) is 0.286. The zero-order valence-corrected chi connectivity index (χ0v) is 4.35. The van der Waals surface area contributed by atoms with Crippen LogP contribution in [0.25, 0.3) is 0 Å². The first-order valence-corrected chi connectivity index (χ1v) is 2.30. The van der Waals surface area contributed by atoms with Gasteiger partial charge in [-0.25, -0.2) is 0 Å². The van der Waals surface area contributed by atoms with E-state index in [1.165, 1.54) is 0 Å². The van der Waals surface area contributed by atoms with E-state index in [-0.39, 0.29) is 0 Å². The van der Waals surface area contributed by atoms with Crippen LogP contribution in [0.15, 0.2) is 12.7 Å². The van der Waals surface area contributed by atoms with Gasteiger partial charge in [0.25, 0.3) is 0 Å². The topological polar surface area (TPSA) is 0 Å². The molecule has 0 spiro atoms. The average molecular weight is 93.1 g/mol. The Labute approximate surface area is 45.2 Å². The van der Waals surface area contributed by atoms with Crippen LogP contribution in [0.2, 0.25) is 0 Å². The summed E-state index contributed by atoms with van der Waals surface area (Å²) in [5.41, 5.74) is 0. The minimum atomic E-state index is 0.958. The molecule has 0 heterocycles. The number of unbranched alkanes of at least 4 members (excludes halogenated alkanes) is 2. The van der Waals surface area contributed by atoms with Crippen molar-refractivity contribution in [3.8, 4) is 12.3 Å². The molecule has 1 radical (unpaired) electrons. The van der Waals surface area contributed by atoms with E-state index in [1.807, 2.05) is 6.08 Å². The van der Waals surface area contributed by atoms with Gasteiger partial charge in [-0.05, 0) is 12.8 Å². The second-order valence-electron chi connectivity index (χ2n) is 1.24. The molecule has 37 valence electrons. The van der Waals surface area contributed by atoms with E-state index in [4.69, 9.17) is 6.42 Å². The van der Waals surface area contributed by atoms with Crippen LogP contribution in [0.1, 0.15) is 12.8 Å². The lowest BCUT2D eigenvalue weighted by molar-refractivity contribution is 1.02. The number of rotatable bonds is 3. The van der Waals surface area contributed by atoms with E-state index in [2.05, 4.69) is 12.5 Å². The quantitative estimate of drug-likeness (QED) is 0.283. The predicted molar refractivity (Wildman–Crippen MR) is 32.6 cm³/mol. The molecule has 0 aromatic rings. The van der Waals surface area contributed by atoms with Gasteiger partial charge in [0, 0.05) is 6.42 Å². The molecule has 0 nitrogen and oxygen atoms in total. The van der Waals surface area contributed by atoms with Gasteiger partial charge in [0.2, 0.25) is 0 Å². The van der Waals surface area contributed by atoms with Crippen LogP contribution in [0, 0.1) is 18.8 Å². The predicted octanol–water partition coefficient (Wildman–Crippen LogP) is 1.79. The van der Waals surface area contributed by atoms with E-state index < -0.39 is 0 Å². The summed E-state index contributed by atoms with van der Waals surface area (Å²) in [5.74, 6) is 2.43. The van der Waals surface area contributed by atoms with Gasteiger partial charge >= 0.3 is 0 Å². The van der Waals surface area contributed by atoms with E-state index in [1.54, 1.807) is 6.42 Å². The van der Waals surface area contributed by atoms with Crippen molar-refractivity contribution in [1.82, 2.24) is 0 Å². The third-order valence-corrected chi connectivity index (χ3v) is 0.633. The van der Waals surface area contributed by atoms with Crippen LogP contribution in [-0.4, -0.2) is 0 Å². The normalized spacial score (nSPS) is 7.29. The number of allylic oxidation sites excluding steroid dienone is 1. The standard InChI is InChI=1S/C7H9/c1-3-5-7-6-4-2/h1,4-5H,2,6-7H2. The number of terminal acetylenes is 1. The van der Waals surface area contributed by atoms with E-state index >= 15 is 0 Å². The van der Waals surface area contributed by atoms with Crippen LogP contribution in [0.3, 0.4) is 0 Å². The summed E-state index contributed by atoms with van der Waals surface area (Å²) in [6, 6.07) is 0. The second-order valence-corrected chi connectivity index (χ2v) is 1.24. The molecule has 0 atom stereocenters. The van der Waals surface area contributed by atoms with Gasteiger partial charge in [0.15, 0.2) is 0 Å². The summed E-state index contributed by atoms with van der Waals surface area (Å²) in [4.78, 5) is 0. The lowest BCUT2D eigenvalue weighted by Gasteiger charge is -1.81. The zero-order chi connectivity index (χ0) is 5.54. The van der Waals surface area contributed by atoms with Crippen molar-refractivity contribution in [2.75, 3.05) is 0 Å². The van der Waals surface area contributed by atoms with Crippen LogP contribution in [0.4, 0.5) is 0 Å². The van der Waals surface area contributed by atoms with Crippen LogP contribution in [-0.2, 0) is 0 Å². The molecule has 0 N–H and O–H groups in total. The molecule has 0 aliphatic heterocycles. The summed E-state index contributed by atoms with van der Waals surface area (Å²) in [6.07, 6.45) is 10.5. The highest BCUT2D eigenvalue weighted by Gasteiger charge is 1.75. The highest BCUT2D eigenvalue weighted by atomic mass is 13.8. The molecule has 0 aromatic carbocycles. The Bertz CT molecular complexity index is 74.5. The van der Waals surface area contributed by atoms with Gasteiger partial charge in [-0.2, -0.15) is 0 Å². The van der Waals surface area contributed by atoms with Crippen molar-refractivity contribution < 1.29 is 0 Å². The average Bonchev–Trinajstić information content (AvgIpc) is 1.69. The first-order chi connectivity index (χ1) is 3.41. The Morgan fingerprint density at radius 2 is 2.29 bits per heavy atom. The molecular formula is C7H9. The minimum absolute atomic E-state index is 0.958. The highest BCUT2D eigenvalue weighted by Crippen LogP contribution is 1.90. The molecule has 7 heavy (non-hydrogen) atoms. The Morgan fingerprint density at radius 1 is 1.57 bits per heavy atom. The third-order valence-electron chi connectivity index (χ3n) is 0.633. The summed E-state index contributed by atoms with van der Waals surface area (Å²) in [7, 11) is 0. The maximum absolute atomic E-state index is 4.93. The Kier molecular flexibility index (Phi) is 4.77. The fourth-order valence-electron chi connectivity index (χ4n) is 0.285. The summed E-state index contributed by atoms with van der Waals surface area (Å²) < 4.78 is 0. The molecule has 0 rings (SSSR count). The molecule has 0 amide bonds. The molecule has 0 unspecified atom stereocenters. The summed E-state index contributed by atoms with van der Waals surface area (Å²) in [5, 5.41) is 0. The first kappa shape index (κ1) is 6.30. The lowest BCUT2D eigenvalue weighted by atomic mass is 10.2. The van der Waals surface area contributed by atoms with Gasteiger partial charge in [-0.1, -0.05) is 6.08 Å². The van der Waals surface area contributed by atoms with E-state index in [0.717, 1.165) is 12.8 Å². The summed E-state index contributed by atoms with van der Waals surface area (Å²) in [6.45, 7) is 3.54. The molecule has 0 heteroatoms. The van der Waals surface area contributed by atoms with Crippen molar-refractivity contribution in [2.45, 2.75) is 12.8 Å². The molecule has 0 bridgehead atoms. The van der Waals surface area contributed by atoms with Crippen LogP contribution < -0.4 is 0 Å². The van der Waals surface area contributed by atoms with Gasteiger partial charge in [0.1, 0.15) is 0 Å². The van der Waals surface area contributed by atoms with Crippen LogP contribution in [0.5, 0.6) is 0 Å². The zero-order valence-electron chi connectivity index (χ0n) is 4.35.